The Labute approximate surface area is 126 Å². The van der Waals surface area contributed by atoms with Gasteiger partial charge in [0.1, 0.15) is 12.2 Å². The van der Waals surface area contributed by atoms with E-state index in [1.807, 2.05) is 34.2 Å². The first kappa shape index (κ1) is 13.5. The summed E-state index contributed by atoms with van der Waals surface area (Å²) < 4.78 is 1.89. The normalized spacial score (nSPS) is 10.7. The summed E-state index contributed by atoms with van der Waals surface area (Å²) in [5.74, 6) is 0.640. The van der Waals surface area contributed by atoms with Gasteiger partial charge in [-0.3, -0.25) is 4.79 Å². The van der Waals surface area contributed by atoms with E-state index < -0.39 is 0 Å². The molecule has 0 atom stereocenters. The first-order valence-electron chi connectivity index (χ1n) is 6.51. The van der Waals surface area contributed by atoms with Crippen molar-refractivity contribution in [3.05, 3.63) is 47.8 Å². The van der Waals surface area contributed by atoms with Crippen LogP contribution >= 0.6 is 11.3 Å². The Balaban J connectivity index is 2.04. The molecular formula is C15H14N4OS. The zero-order chi connectivity index (χ0) is 14.7. The molecule has 0 saturated heterocycles. The summed E-state index contributed by atoms with van der Waals surface area (Å²) in [5.41, 5.74) is 4.33. The van der Waals surface area contributed by atoms with Gasteiger partial charge in [-0.25, -0.2) is 9.97 Å². The van der Waals surface area contributed by atoms with Crippen LogP contribution in [0.3, 0.4) is 0 Å². The van der Waals surface area contributed by atoms with Gasteiger partial charge in [-0.2, -0.15) is 0 Å². The van der Waals surface area contributed by atoms with Crippen molar-refractivity contribution in [2.75, 3.05) is 6.54 Å². The third-order valence-electron chi connectivity index (χ3n) is 3.06. The molecule has 0 spiro atoms. The summed E-state index contributed by atoms with van der Waals surface area (Å²) in [7, 11) is 0. The Bertz CT molecular complexity index is 776. The molecule has 1 N–H and O–H groups in total. The maximum Gasteiger partial charge on any atom is 0.240 e. The lowest BCUT2D eigenvalue weighted by Gasteiger charge is -2.07. The number of thiazole rings is 1. The maximum absolute atomic E-state index is 12.0. The first-order chi connectivity index (χ1) is 10.3. The molecule has 0 aliphatic rings. The molecule has 0 unspecified atom stereocenters. The minimum absolute atomic E-state index is 0.0745. The Morgan fingerprint density at radius 2 is 2.29 bits per heavy atom. The van der Waals surface area contributed by atoms with Gasteiger partial charge in [0.25, 0.3) is 0 Å². The van der Waals surface area contributed by atoms with E-state index in [0.717, 1.165) is 16.7 Å². The summed E-state index contributed by atoms with van der Waals surface area (Å²) in [5, 5.41) is 4.71. The van der Waals surface area contributed by atoms with Crippen LogP contribution in [-0.2, 0) is 11.3 Å². The first-order valence-corrected chi connectivity index (χ1v) is 7.45. The minimum atomic E-state index is -0.0745. The lowest BCUT2D eigenvalue weighted by atomic mass is 10.3. The van der Waals surface area contributed by atoms with Crippen molar-refractivity contribution >= 4 is 28.3 Å². The van der Waals surface area contributed by atoms with Gasteiger partial charge in [-0.1, -0.05) is 18.2 Å². The van der Waals surface area contributed by atoms with Crippen LogP contribution in [0.2, 0.25) is 0 Å². The van der Waals surface area contributed by atoms with Crippen LogP contribution in [-0.4, -0.2) is 27.0 Å². The number of amides is 1. The van der Waals surface area contributed by atoms with Gasteiger partial charge >= 0.3 is 0 Å². The molecule has 3 rings (SSSR count). The van der Waals surface area contributed by atoms with Crippen LogP contribution in [0.4, 0.5) is 0 Å². The Morgan fingerprint density at radius 3 is 3.05 bits per heavy atom. The van der Waals surface area contributed by atoms with E-state index >= 15 is 0 Å². The van der Waals surface area contributed by atoms with Crippen LogP contribution in [0.5, 0.6) is 0 Å². The molecule has 3 aromatic rings. The third-order valence-corrected chi connectivity index (χ3v) is 3.65. The van der Waals surface area contributed by atoms with Gasteiger partial charge in [0, 0.05) is 11.9 Å². The van der Waals surface area contributed by atoms with E-state index in [9.17, 15) is 4.79 Å². The van der Waals surface area contributed by atoms with Gasteiger partial charge < -0.3 is 9.88 Å². The van der Waals surface area contributed by atoms with Crippen molar-refractivity contribution < 1.29 is 4.79 Å². The molecule has 1 aromatic carbocycles. The molecule has 0 fully saturated rings. The minimum Gasteiger partial charge on any atom is -0.351 e. The summed E-state index contributed by atoms with van der Waals surface area (Å²) in [6.45, 7) is 4.26. The number of carbonyl (C=O) groups excluding carboxylic acids is 1. The molecule has 0 radical (unpaired) electrons. The zero-order valence-corrected chi connectivity index (χ0v) is 12.1. The number of carbonyl (C=O) groups is 1. The summed E-state index contributed by atoms with van der Waals surface area (Å²) >= 11 is 1.51. The summed E-state index contributed by atoms with van der Waals surface area (Å²) in [6, 6.07) is 7.76. The predicted molar refractivity (Wildman–Crippen MR) is 84.0 cm³/mol. The van der Waals surface area contributed by atoms with Crippen LogP contribution in [0, 0.1) is 0 Å². The van der Waals surface area contributed by atoms with Gasteiger partial charge in [0.2, 0.25) is 5.91 Å². The average molecular weight is 298 g/mol. The Hall–Kier alpha value is -2.47. The van der Waals surface area contributed by atoms with Crippen molar-refractivity contribution in [3.63, 3.8) is 0 Å². The second-order valence-corrected chi connectivity index (χ2v) is 5.20. The lowest BCUT2D eigenvalue weighted by Crippen LogP contribution is -2.27. The number of nitrogens with one attached hydrogen (secondary N) is 1. The van der Waals surface area contributed by atoms with Gasteiger partial charge in [-0.05, 0) is 12.1 Å². The second kappa shape index (κ2) is 5.88. The van der Waals surface area contributed by atoms with Crippen LogP contribution in [0.25, 0.3) is 22.6 Å². The molecule has 21 heavy (non-hydrogen) atoms. The molecule has 6 heteroatoms. The van der Waals surface area contributed by atoms with Crippen molar-refractivity contribution in [2.24, 2.45) is 0 Å². The number of hydrogen-bond acceptors (Lipinski definition) is 4. The van der Waals surface area contributed by atoms with Gasteiger partial charge in [0.15, 0.2) is 5.82 Å². The topological polar surface area (TPSA) is 59.8 Å². The molecule has 1 amide bonds. The van der Waals surface area contributed by atoms with Crippen molar-refractivity contribution in [3.8, 4) is 11.5 Å². The number of rotatable bonds is 5. The van der Waals surface area contributed by atoms with E-state index in [1.165, 1.54) is 11.3 Å². The number of aromatic nitrogens is 3. The molecule has 0 saturated carbocycles. The van der Waals surface area contributed by atoms with E-state index in [1.54, 1.807) is 11.6 Å². The number of imidazole rings is 1. The molecule has 5 nitrogen and oxygen atoms in total. The fourth-order valence-corrected chi connectivity index (χ4v) is 2.67. The number of benzene rings is 1. The highest BCUT2D eigenvalue weighted by molar-refractivity contribution is 7.07. The third kappa shape index (κ3) is 2.71. The molecule has 2 heterocycles. The SMILES string of the molecule is C=CCNC(=O)Cn1c(-c2cscn2)nc2ccccc21. The number of nitrogens with zero attached hydrogens (tertiary/aromatic N) is 3. The van der Waals surface area contributed by atoms with Crippen molar-refractivity contribution in [1.82, 2.24) is 19.9 Å². The standard InChI is InChI=1S/C15H14N4OS/c1-2-7-16-14(20)8-19-13-6-4-3-5-11(13)18-15(19)12-9-21-10-17-12/h2-6,9-10H,1,7-8H2,(H,16,20). The second-order valence-electron chi connectivity index (χ2n) is 4.48. The summed E-state index contributed by atoms with van der Waals surface area (Å²) in [4.78, 5) is 20.9. The molecule has 2 aromatic heterocycles. The van der Waals surface area contributed by atoms with Crippen LogP contribution in [0.1, 0.15) is 0 Å². The molecule has 0 aliphatic carbocycles. The fraction of sp³-hybridized carbons (Fsp3) is 0.133. The monoisotopic (exact) mass is 298 g/mol. The highest BCUT2D eigenvalue weighted by atomic mass is 32.1. The Kier molecular flexibility index (Phi) is 3.79. The van der Waals surface area contributed by atoms with E-state index in [2.05, 4.69) is 21.9 Å². The van der Waals surface area contributed by atoms with Crippen LogP contribution < -0.4 is 5.32 Å². The van der Waals surface area contributed by atoms with Crippen molar-refractivity contribution in [1.29, 1.82) is 0 Å². The van der Waals surface area contributed by atoms with Gasteiger partial charge in [-0.15, -0.1) is 17.9 Å². The quantitative estimate of drug-likeness (QED) is 0.736. The lowest BCUT2D eigenvalue weighted by molar-refractivity contribution is -0.121. The molecule has 0 aliphatic heterocycles. The maximum atomic E-state index is 12.0. The molecular weight excluding hydrogens is 284 g/mol. The van der Waals surface area contributed by atoms with Gasteiger partial charge in [0.05, 0.1) is 16.5 Å². The number of hydrogen-bond donors (Lipinski definition) is 1. The Morgan fingerprint density at radius 1 is 1.43 bits per heavy atom. The van der Waals surface area contributed by atoms with E-state index in [-0.39, 0.29) is 12.5 Å². The van der Waals surface area contributed by atoms with Crippen LogP contribution in [0.15, 0.2) is 47.8 Å². The van der Waals surface area contributed by atoms with Crippen molar-refractivity contribution in [2.45, 2.75) is 6.54 Å². The highest BCUT2D eigenvalue weighted by Gasteiger charge is 2.15. The number of fused-ring (bicyclic) bond motifs is 1. The predicted octanol–water partition coefficient (Wildman–Crippen LogP) is 2.46. The summed E-state index contributed by atoms with van der Waals surface area (Å²) in [6.07, 6.45) is 1.66. The zero-order valence-electron chi connectivity index (χ0n) is 11.3. The largest absolute Gasteiger partial charge is 0.351 e. The average Bonchev–Trinajstić information content (AvgIpc) is 3.13. The smallest absolute Gasteiger partial charge is 0.240 e. The number of para-hydroxylation sites is 2. The van der Waals surface area contributed by atoms with E-state index in [0.29, 0.717) is 12.4 Å². The fourth-order valence-electron chi connectivity index (χ4n) is 2.14. The highest BCUT2D eigenvalue weighted by Crippen LogP contribution is 2.24. The van der Waals surface area contributed by atoms with E-state index in [4.69, 9.17) is 0 Å². The molecule has 106 valence electrons. The molecule has 0 bridgehead atoms.